The number of nitrogens with zero attached hydrogens (tertiary/aromatic N) is 1. The molecule has 0 saturated heterocycles. The van der Waals surface area contributed by atoms with Crippen molar-refractivity contribution in [2.24, 2.45) is 0 Å². The van der Waals surface area contributed by atoms with Gasteiger partial charge in [0, 0.05) is 19.3 Å². The molecule has 1 aromatic rings. The van der Waals surface area contributed by atoms with Crippen LogP contribution in [0.25, 0.3) is 6.08 Å². The van der Waals surface area contributed by atoms with Crippen LogP contribution in [-0.4, -0.2) is 37.5 Å². The zero-order valence-electron chi connectivity index (χ0n) is 37.7. The van der Waals surface area contributed by atoms with E-state index in [9.17, 15) is 19.9 Å². The Hall–Kier alpha value is -0.610. The molecule has 9 nitrogen and oxygen atoms in total. The molecule has 0 aliphatic heterocycles. The van der Waals surface area contributed by atoms with Crippen molar-refractivity contribution in [2.45, 2.75) is 225 Å². The van der Waals surface area contributed by atoms with Crippen LogP contribution < -0.4 is 43.9 Å². The van der Waals surface area contributed by atoms with Crippen molar-refractivity contribution in [1.82, 2.24) is 0 Å². The molecule has 0 heterocycles. The van der Waals surface area contributed by atoms with Gasteiger partial charge in [-0.15, -0.1) is 0 Å². The summed E-state index contributed by atoms with van der Waals surface area (Å²) in [6.07, 6.45) is 43.6. The third-order valence-corrected chi connectivity index (χ3v) is 11.6. The first-order valence-electron chi connectivity index (χ1n) is 23.6. The number of phosphoric ester groups is 1. The average molecular weight is 846 g/mol. The van der Waals surface area contributed by atoms with Crippen molar-refractivity contribution >= 4 is 14.2 Å². The molecule has 0 fully saturated rings. The summed E-state index contributed by atoms with van der Waals surface area (Å²) in [6, 6.07) is 5.93. The molecule has 1 aromatic carbocycles. The quantitative estimate of drug-likeness (QED) is 0.0209. The van der Waals surface area contributed by atoms with Crippen molar-refractivity contribution in [3.8, 4) is 5.75 Å². The minimum Gasteiger partial charge on any atom is -0.627 e. The second-order valence-corrected chi connectivity index (χ2v) is 17.5. The van der Waals surface area contributed by atoms with Gasteiger partial charge in [-0.2, -0.15) is 0 Å². The maximum absolute atomic E-state index is 12.7. The Labute approximate surface area is 378 Å². The molecule has 0 aliphatic carbocycles. The number of unbranched alkanes of at least 4 members (excludes halogenated alkanes) is 30. The normalized spacial score (nSPS) is 12.3. The standard InChI is InChI=1S/C47H86NO8P.Na/c1-3-5-7-9-11-13-15-17-19-21-23-25-27-29-31-33-41-53-43-47(44-55-57(51,52)56-46-37-35-45(36-38-46)39-40-48(49)50)54-42-34-32-30-28-26-24-22-20-18-16-14-12-10-8-6-4-2;/h35-40,47H,3-34,41-44H2,1-2H3,(H,51,52);/q;+1/p-1/b40-39+;. The minimum absolute atomic E-state index is 0. The Kier molecular flexibility index (Phi) is 42.6. The van der Waals surface area contributed by atoms with Crippen molar-refractivity contribution in [3.05, 3.63) is 46.1 Å². The van der Waals surface area contributed by atoms with Crippen LogP contribution in [0.4, 0.5) is 0 Å². The van der Waals surface area contributed by atoms with Crippen LogP contribution in [0.2, 0.25) is 0 Å². The third kappa shape index (κ3) is 39.5. The Morgan fingerprint density at radius 3 is 1.29 bits per heavy atom. The predicted octanol–water partition coefficient (Wildman–Crippen LogP) is 10.7. The number of nitro groups is 1. The zero-order chi connectivity index (χ0) is 41.3. The summed E-state index contributed by atoms with van der Waals surface area (Å²) in [5.74, 6) is 0.0666. The van der Waals surface area contributed by atoms with Crippen LogP contribution in [-0.2, 0) is 14.0 Å². The van der Waals surface area contributed by atoms with Gasteiger partial charge in [0.2, 0.25) is 14.4 Å². The van der Waals surface area contributed by atoms with Gasteiger partial charge in [0.25, 0.3) is 0 Å². The molecule has 0 bridgehead atoms. The van der Waals surface area contributed by atoms with E-state index in [1.165, 1.54) is 210 Å². The van der Waals surface area contributed by atoms with Gasteiger partial charge < -0.3 is 23.8 Å². The van der Waals surface area contributed by atoms with Crippen LogP contribution in [0.3, 0.4) is 0 Å². The molecular formula is C47H85NNaO8P. The summed E-state index contributed by atoms with van der Waals surface area (Å²) in [7, 11) is -4.68. The fourth-order valence-corrected chi connectivity index (χ4v) is 7.91. The molecule has 0 radical (unpaired) electrons. The van der Waals surface area contributed by atoms with Crippen LogP contribution in [0, 0.1) is 10.1 Å². The van der Waals surface area contributed by atoms with E-state index in [-0.39, 0.29) is 48.5 Å². The topological polar surface area (TPSA) is 126 Å². The first-order chi connectivity index (χ1) is 27.9. The van der Waals surface area contributed by atoms with Gasteiger partial charge in [-0.3, -0.25) is 10.1 Å². The van der Waals surface area contributed by atoms with Crippen molar-refractivity contribution in [2.75, 3.05) is 26.4 Å². The second-order valence-electron chi connectivity index (χ2n) is 16.2. The summed E-state index contributed by atoms with van der Waals surface area (Å²) >= 11 is 0. The van der Waals surface area contributed by atoms with E-state index in [2.05, 4.69) is 13.8 Å². The summed E-state index contributed by atoms with van der Waals surface area (Å²) in [5.41, 5.74) is 0.546. The number of ether oxygens (including phenoxy) is 2. The van der Waals surface area contributed by atoms with E-state index < -0.39 is 19.2 Å². The molecule has 332 valence electrons. The molecule has 0 aliphatic rings. The molecule has 0 spiro atoms. The predicted molar refractivity (Wildman–Crippen MR) is 236 cm³/mol. The van der Waals surface area contributed by atoms with Gasteiger partial charge >= 0.3 is 29.6 Å². The van der Waals surface area contributed by atoms with E-state index in [1.54, 1.807) is 0 Å². The van der Waals surface area contributed by atoms with Crippen molar-refractivity contribution in [3.63, 3.8) is 0 Å². The van der Waals surface area contributed by atoms with Gasteiger partial charge in [0.15, 0.2) is 5.75 Å². The Morgan fingerprint density at radius 1 is 0.552 bits per heavy atom. The van der Waals surface area contributed by atoms with E-state index >= 15 is 0 Å². The summed E-state index contributed by atoms with van der Waals surface area (Å²) in [6.45, 7) is 5.75. The molecule has 1 atom stereocenters. The molecule has 0 aromatic heterocycles. The molecule has 1 unspecified atom stereocenters. The van der Waals surface area contributed by atoms with E-state index in [1.807, 2.05) is 0 Å². The van der Waals surface area contributed by atoms with Gasteiger partial charge in [-0.25, -0.2) is 4.52 Å². The Balaban J connectivity index is 0.0000325. The van der Waals surface area contributed by atoms with Crippen LogP contribution >= 0.6 is 8.17 Å². The van der Waals surface area contributed by atoms with Crippen LogP contribution in [0.5, 0.6) is 5.75 Å². The molecule has 0 saturated carbocycles. The number of hydrogen-bond acceptors (Lipinski definition) is 8. The van der Waals surface area contributed by atoms with E-state index in [4.69, 9.17) is 18.5 Å². The summed E-state index contributed by atoms with van der Waals surface area (Å²) < 4.78 is 22.4. The van der Waals surface area contributed by atoms with Crippen LogP contribution in [0.1, 0.15) is 225 Å². The fourth-order valence-electron chi connectivity index (χ4n) is 7.13. The maximum Gasteiger partial charge on any atom is 1.00 e. The first kappa shape index (κ1) is 57.4. The molecule has 58 heavy (non-hydrogen) atoms. The number of hydrogen-bond donors (Lipinski definition) is 0. The smallest absolute Gasteiger partial charge is 0.627 e. The molecule has 1 rings (SSSR count). The van der Waals surface area contributed by atoms with Gasteiger partial charge in [-0.05, 0) is 30.5 Å². The van der Waals surface area contributed by atoms with Gasteiger partial charge in [0.1, 0.15) is 12.7 Å². The largest absolute Gasteiger partial charge is 1.00 e. The van der Waals surface area contributed by atoms with Crippen molar-refractivity contribution in [1.29, 1.82) is 0 Å². The van der Waals surface area contributed by atoms with Gasteiger partial charge in [0.05, 0.1) is 11.5 Å². The van der Waals surface area contributed by atoms with Crippen LogP contribution in [0.15, 0.2) is 30.5 Å². The molecular weight excluding hydrogens is 760 g/mol. The number of benzene rings is 1. The Bertz CT molecular complexity index is 1050. The van der Waals surface area contributed by atoms with E-state index in [0.717, 1.165) is 31.9 Å². The Morgan fingerprint density at radius 2 is 0.914 bits per heavy atom. The summed E-state index contributed by atoms with van der Waals surface area (Å²) in [4.78, 5) is 35.3. The number of rotatable bonds is 44. The van der Waals surface area contributed by atoms with E-state index in [0.29, 0.717) is 18.8 Å². The molecule has 0 amide bonds. The minimum atomic E-state index is -4.68. The zero-order valence-corrected chi connectivity index (χ0v) is 40.6. The SMILES string of the molecule is CCCCCCCCCCCCCCCCCCOCC(CO[P+]([O-])([O-])Oc1ccc(/C=C/[N+](=O)[O-])cc1)OCCCCCCCCCCCCCCCCCC.[Na+]. The maximum atomic E-state index is 12.7. The monoisotopic (exact) mass is 846 g/mol. The average Bonchev–Trinajstić information content (AvgIpc) is 3.19. The summed E-state index contributed by atoms with van der Waals surface area (Å²) in [5, 5.41) is 10.6. The first-order valence-corrected chi connectivity index (χ1v) is 25.1. The van der Waals surface area contributed by atoms with Crippen molar-refractivity contribution < 1.29 is 62.8 Å². The number of phosphoric acid groups is 1. The second kappa shape index (κ2) is 43.1. The molecule has 11 heteroatoms. The third-order valence-electron chi connectivity index (χ3n) is 10.7. The van der Waals surface area contributed by atoms with Gasteiger partial charge in [-0.1, -0.05) is 219 Å². The fraction of sp³-hybridized carbons (Fsp3) is 0.830. The molecule has 0 N–H and O–H groups in total.